The first kappa shape index (κ1) is 26.0. The van der Waals surface area contributed by atoms with Crippen molar-refractivity contribution in [3.8, 4) is 11.5 Å². The highest BCUT2D eigenvalue weighted by Crippen LogP contribution is 2.40. The molecule has 0 aliphatic carbocycles. The number of rotatable bonds is 11. The number of nitrogens with zero attached hydrogens (tertiary/aromatic N) is 2. The summed E-state index contributed by atoms with van der Waals surface area (Å²) in [5.41, 5.74) is 1.25. The zero-order chi connectivity index (χ0) is 25.5. The third kappa shape index (κ3) is 6.31. The van der Waals surface area contributed by atoms with Gasteiger partial charge >= 0.3 is 0 Å². The predicted molar refractivity (Wildman–Crippen MR) is 137 cm³/mol. The van der Waals surface area contributed by atoms with Crippen LogP contribution in [0.5, 0.6) is 11.5 Å². The van der Waals surface area contributed by atoms with E-state index in [-0.39, 0.29) is 17.4 Å². The molecule has 1 N–H and O–H groups in total. The molecule has 0 aromatic heterocycles. The summed E-state index contributed by atoms with van der Waals surface area (Å²) in [6.07, 6.45) is 2.36. The summed E-state index contributed by atoms with van der Waals surface area (Å²) in [5, 5.41) is 11.2. The van der Waals surface area contributed by atoms with Crippen molar-refractivity contribution in [2.45, 2.75) is 32.4 Å². The number of Topliss-reactive ketones (excluding diaryl/α,β-unsaturated/α-hetero) is 1. The van der Waals surface area contributed by atoms with Crippen molar-refractivity contribution in [3.63, 3.8) is 0 Å². The zero-order valence-corrected chi connectivity index (χ0v) is 20.9. The van der Waals surface area contributed by atoms with Crippen molar-refractivity contribution < 1.29 is 24.2 Å². The van der Waals surface area contributed by atoms with E-state index >= 15 is 0 Å². The molecule has 1 atom stereocenters. The number of amides is 1. The monoisotopic (exact) mass is 478 g/mol. The van der Waals surface area contributed by atoms with Crippen LogP contribution in [0.4, 0.5) is 0 Å². The van der Waals surface area contributed by atoms with Gasteiger partial charge in [0.25, 0.3) is 11.7 Å². The summed E-state index contributed by atoms with van der Waals surface area (Å²) in [7, 11) is 3.92. The van der Waals surface area contributed by atoms with Crippen LogP contribution in [0.15, 0.2) is 66.8 Å². The lowest BCUT2D eigenvalue weighted by molar-refractivity contribution is -0.139. The fourth-order valence-corrected chi connectivity index (χ4v) is 4.04. The Hall–Kier alpha value is -3.58. The number of aliphatic hydroxyl groups excluding tert-OH is 1. The van der Waals surface area contributed by atoms with E-state index in [4.69, 9.17) is 9.47 Å². The third-order valence-electron chi connectivity index (χ3n) is 5.61. The van der Waals surface area contributed by atoms with Crippen LogP contribution in [0.1, 0.15) is 37.4 Å². The van der Waals surface area contributed by atoms with Gasteiger partial charge in [-0.1, -0.05) is 24.8 Å². The molecule has 2 aromatic rings. The van der Waals surface area contributed by atoms with Gasteiger partial charge in [0, 0.05) is 12.1 Å². The molecule has 1 saturated heterocycles. The number of carbonyl (C=O) groups is 2. The largest absolute Gasteiger partial charge is 0.507 e. The topological polar surface area (TPSA) is 79.3 Å². The van der Waals surface area contributed by atoms with E-state index in [2.05, 4.69) is 6.58 Å². The number of carbonyl (C=O) groups excluding carboxylic acids is 2. The fraction of sp³-hybridized carbons (Fsp3) is 0.357. The van der Waals surface area contributed by atoms with Gasteiger partial charge in [-0.15, -0.1) is 0 Å². The number of ether oxygens (including phenoxy) is 2. The summed E-state index contributed by atoms with van der Waals surface area (Å²) in [6.45, 7) is 9.04. The van der Waals surface area contributed by atoms with Gasteiger partial charge in [0.2, 0.25) is 0 Å². The van der Waals surface area contributed by atoms with Crippen molar-refractivity contribution in [2.24, 2.45) is 0 Å². The van der Waals surface area contributed by atoms with Crippen LogP contribution in [0.3, 0.4) is 0 Å². The smallest absolute Gasteiger partial charge is 0.295 e. The van der Waals surface area contributed by atoms with E-state index in [0.717, 1.165) is 12.1 Å². The zero-order valence-electron chi connectivity index (χ0n) is 20.9. The molecule has 2 aromatic carbocycles. The lowest BCUT2D eigenvalue weighted by atomic mass is 9.95. The minimum Gasteiger partial charge on any atom is -0.507 e. The van der Waals surface area contributed by atoms with E-state index in [1.807, 2.05) is 45.0 Å². The Balaban J connectivity index is 2.01. The second kappa shape index (κ2) is 11.7. The minimum atomic E-state index is -0.697. The van der Waals surface area contributed by atoms with Gasteiger partial charge in [-0.2, -0.15) is 0 Å². The highest BCUT2D eigenvalue weighted by Gasteiger charge is 2.45. The summed E-state index contributed by atoms with van der Waals surface area (Å²) < 4.78 is 11.2. The van der Waals surface area contributed by atoms with Crippen molar-refractivity contribution >= 4 is 17.4 Å². The molecule has 0 radical (unpaired) electrons. The molecule has 1 heterocycles. The molecule has 1 fully saturated rings. The summed E-state index contributed by atoms with van der Waals surface area (Å²) in [5.74, 6) is -0.188. The highest BCUT2D eigenvalue weighted by molar-refractivity contribution is 6.46. The molecule has 35 heavy (non-hydrogen) atoms. The average Bonchev–Trinajstić information content (AvgIpc) is 3.07. The van der Waals surface area contributed by atoms with Gasteiger partial charge < -0.3 is 24.4 Å². The van der Waals surface area contributed by atoms with Crippen molar-refractivity contribution in [1.82, 2.24) is 9.80 Å². The standard InChI is InChI=1S/C28H34N2O5/c1-6-18-34-22-12-8-20(9-13-22)25-24(27(32)28(33)30(25)17-7-16-29(4)5)26(31)21-10-14-23(15-11-21)35-19(2)3/h6,8-15,19,25,31H,1,7,16-18H2,2-5H3/t25-/m1/s1. The SMILES string of the molecule is C=CCOc1ccc([C@@H]2C(=C(O)c3ccc(OC(C)C)cc3)C(=O)C(=O)N2CCCN(C)C)cc1. The lowest BCUT2D eigenvalue weighted by Crippen LogP contribution is -2.32. The van der Waals surface area contributed by atoms with Crippen LogP contribution in [-0.4, -0.2) is 66.5 Å². The van der Waals surface area contributed by atoms with Crippen LogP contribution in [0.2, 0.25) is 0 Å². The number of aliphatic hydroxyl groups is 1. The van der Waals surface area contributed by atoms with Crippen LogP contribution >= 0.6 is 0 Å². The Morgan fingerprint density at radius 2 is 1.71 bits per heavy atom. The van der Waals surface area contributed by atoms with Crippen molar-refractivity contribution in [1.29, 1.82) is 0 Å². The van der Waals surface area contributed by atoms with Gasteiger partial charge in [0.1, 0.15) is 23.9 Å². The molecule has 0 unspecified atom stereocenters. The Bertz CT molecular complexity index is 1070. The van der Waals surface area contributed by atoms with Crippen LogP contribution in [-0.2, 0) is 9.59 Å². The van der Waals surface area contributed by atoms with E-state index in [9.17, 15) is 14.7 Å². The fourth-order valence-electron chi connectivity index (χ4n) is 4.04. The minimum absolute atomic E-state index is 0.0142. The van der Waals surface area contributed by atoms with Gasteiger partial charge in [0.15, 0.2) is 0 Å². The number of benzene rings is 2. The molecule has 7 nitrogen and oxygen atoms in total. The molecule has 0 spiro atoms. The Morgan fingerprint density at radius 1 is 1.09 bits per heavy atom. The van der Waals surface area contributed by atoms with E-state index in [1.165, 1.54) is 0 Å². The Morgan fingerprint density at radius 3 is 2.29 bits per heavy atom. The first-order valence-corrected chi connectivity index (χ1v) is 11.8. The molecule has 186 valence electrons. The normalized spacial score (nSPS) is 17.3. The predicted octanol–water partition coefficient (Wildman–Crippen LogP) is 4.41. The second-order valence-electron chi connectivity index (χ2n) is 9.01. The molecule has 1 amide bonds. The van der Waals surface area contributed by atoms with Crippen LogP contribution in [0, 0.1) is 0 Å². The van der Waals surface area contributed by atoms with Crippen LogP contribution in [0.25, 0.3) is 5.76 Å². The lowest BCUT2D eigenvalue weighted by Gasteiger charge is -2.26. The van der Waals surface area contributed by atoms with Crippen molar-refractivity contribution in [2.75, 3.05) is 33.8 Å². The van der Waals surface area contributed by atoms with Crippen LogP contribution < -0.4 is 9.47 Å². The first-order chi connectivity index (χ1) is 16.7. The third-order valence-corrected chi connectivity index (χ3v) is 5.61. The molecular formula is C28H34N2O5. The van der Waals surface area contributed by atoms with Gasteiger partial charge in [-0.05, 0) is 82.9 Å². The van der Waals surface area contributed by atoms with E-state index in [0.29, 0.717) is 36.6 Å². The number of hydrogen-bond acceptors (Lipinski definition) is 6. The quantitative estimate of drug-likeness (QED) is 0.223. The molecule has 1 aliphatic rings. The van der Waals surface area contributed by atoms with Gasteiger partial charge in [-0.25, -0.2) is 0 Å². The van der Waals surface area contributed by atoms with Gasteiger partial charge in [0.05, 0.1) is 17.7 Å². The number of ketones is 1. The first-order valence-electron chi connectivity index (χ1n) is 11.8. The molecule has 7 heteroatoms. The maximum Gasteiger partial charge on any atom is 0.295 e. The second-order valence-corrected chi connectivity index (χ2v) is 9.01. The highest BCUT2D eigenvalue weighted by atomic mass is 16.5. The van der Waals surface area contributed by atoms with Gasteiger partial charge in [-0.3, -0.25) is 9.59 Å². The maximum absolute atomic E-state index is 13.2. The maximum atomic E-state index is 13.2. The van der Waals surface area contributed by atoms with Crippen molar-refractivity contribution in [3.05, 3.63) is 77.9 Å². The summed E-state index contributed by atoms with van der Waals surface area (Å²) in [4.78, 5) is 29.8. The summed E-state index contributed by atoms with van der Waals surface area (Å²) in [6, 6.07) is 13.4. The average molecular weight is 479 g/mol. The molecule has 0 saturated carbocycles. The molecule has 3 rings (SSSR count). The molecule has 1 aliphatic heterocycles. The number of likely N-dealkylation sites (tertiary alicyclic amines) is 1. The Kier molecular flexibility index (Phi) is 8.71. The van der Waals surface area contributed by atoms with E-state index in [1.54, 1.807) is 47.4 Å². The number of hydrogen-bond donors (Lipinski definition) is 1. The molecular weight excluding hydrogens is 444 g/mol. The Labute approximate surface area is 207 Å². The summed E-state index contributed by atoms with van der Waals surface area (Å²) >= 11 is 0. The molecule has 0 bridgehead atoms. The van der Waals surface area contributed by atoms with E-state index < -0.39 is 17.7 Å².